The van der Waals surface area contributed by atoms with Crippen molar-refractivity contribution in [2.75, 3.05) is 6.54 Å². The Morgan fingerprint density at radius 1 is 0.737 bits per heavy atom. The van der Waals surface area contributed by atoms with Gasteiger partial charge < -0.3 is 4.79 Å². The summed E-state index contributed by atoms with van der Waals surface area (Å²) in [5.74, 6) is 0. The molecule has 0 spiro atoms. The number of carbonyl (C=O) groups excluding carboxylic acids is 1. The van der Waals surface area contributed by atoms with E-state index >= 15 is 0 Å². The van der Waals surface area contributed by atoms with Crippen molar-refractivity contribution in [1.29, 1.82) is 0 Å². The number of nitro groups is 2. The molecule has 15 heteroatoms. The van der Waals surface area contributed by atoms with Crippen LogP contribution in [0, 0.1) is 20.2 Å². The van der Waals surface area contributed by atoms with Gasteiger partial charge in [-0.1, -0.05) is 56.4 Å². The first kappa shape index (κ1) is 31.0. The van der Waals surface area contributed by atoms with Gasteiger partial charge in [0.15, 0.2) is 9.79 Å². The van der Waals surface area contributed by atoms with E-state index in [1.165, 1.54) is 24.3 Å². The fraction of sp³-hybridized carbons (Fsp3) is 0.435. The van der Waals surface area contributed by atoms with Gasteiger partial charge in [-0.05, 0) is 25.0 Å². The lowest BCUT2D eigenvalue weighted by Gasteiger charge is -2.19. The molecule has 0 saturated heterocycles. The second-order valence-electron chi connectivity index (χ2n) is 8.49. The summed E-state index contributed by atoms with van der Waals surface area (Å²) in [7, 11) is -8.80. The first-order valence-electron chi connectivity index (χ1n) is 11.9. The van der Waals surface area contributed by atoms with Crippen molar-refractivity contribution in [3.63, 3.8) is 0 Å². The quantitative estimate of drug-likeness (QED) is 0.117. The summed E-state index contributed by atoms with van der Waals surface area (Å²) < 4.78 is 56.3. The minimum Gasteiger partial charge on any atom is -0.303 e. The molecule has 2 N–H and O–H groups in total. The monoisotopic (exact) mass is 570 g/mol. The van der Waals surface area contributed by atoms with Crippen LogP contribution in [-0.2, 0) is 24.8 Å². The number of carbonyl (C=O) groups is 1. The summed E-state index contributed by atoms with van der Waals surface area (Å²) in [4.78, 5) is 30.2. The van der Waals surface area contributed by atoms with Gasteiger partial charge in [0, 0.05) is 31.1 Å². The van der Waals surface area contributed by atoms with Crippen LogP contribution in [-0.4, -0.2) is 45.6 Å². The summed E-state index contributed by atoms with van der Waals surface area (Å²) in [6.45, 7) is -0.437. The number of nitro benzene ring substituents is 2. The molecule has 0 aliphatic heterocycles. The highest BCUT2D eigenvalue weighted by Crippen LogP contribution is 2.25. The third-order valence-electron chi connectivity index (χ3n) is 5.67. The number of hydrogen-bond donors (Lipinski definition) is 2. The summed E-state index contributed by atoms with van der Waals surface area (Å²) in [5.41, 5.74) is -1.26. The maximum absolute atomic E-state index is 13.0. The van der Waals surface area contributed by atoms with Gasteiger partial charge in [0.1, 0.15) is 6.29 Å². The molecule has 0 heterocycles. The van der Waals surface area contributed by atoms with Crippen LogP contribution < -0.4 is 9.44 Å². The predicted octanol–water partition coefficient (Wildman–Crippen LogP) is 3.45. The van der Waals surface area contributed by atoms with Crippen molar-refractivity contribution < 1.29 is 31.5 Å². The number of benzene rings is 2. The Morgan fingerprint density at radius 3 is 1.74 bits per heavy atom. The predicted molar refractivity (Wildman–Crippen MR) is 138 cm³/mol. The second-order valence-corrected chi connectivity index (χ2v) is 11.9. The van der Waals surface area contributed by atoms with E-state index in [2.05, 4.69) is 9.44 Å². The average molecular weight is 571 g/mol. The van der Waals surface area contributed by atoms with Crippen molar-refractivity contribution in [3.05, 3.63) is 68.8 Å². The highest BCUT2D eigenvalue weighted by molar-refractivity contribution is 7.90. The summed E-state index contributed by atoms with van der Waals surface area (Å²) in [5, 5.41) is 22.6. The molecular weight excluding hydrogens is 540 g/mol. The van der Waals surface area contributed by atoms with E-state index < -0.39 is 63.6 Å². The maximum Gasteiger partial charge on any atom is 0.289 e. The molecule has 0 amide bonds. The first-order valence-corrected chi connectivity index (χ1v) is 14.9. The molecule has 2 aromatic carbocycles. The van der Waals surface area contributed by atoms with E-state index in [4.69, 9.17) is 0 Å². The molecule has 0 radical (unpaired) electrons. The van der Waals surface area contributed by atoms with Crippen LogP contribution in [0.1, 0.15) is 51.4 Å². The Kier molecular flexibility index (Phi) is 11.9. The molecule has 2 rings (SSSR count). The maximum atomic E-state index is 13.0. The van der Waals surface area contributed by atoms with Crippen LogP contribution in [0.5, 0.6) is 0 Å². The number of unbranched alkanes of at least 4 members (excludes halogenated alkanes) is 6. The summed E-state index contributed by atoms with van der Waals surface area (Å²) in [6, 6.07) is 8.54. The van der Waals surface area contributed by atoms with Gasteiger partial charge >= 0.3 is 0 Å². The molecule has 0 fully saturated rings. The molecule has 13 nitrogen and oxygen atoms in total. The fourth-order valence-corrected chi connectivity index (χ4v) is 6.46. The third kappa shape index (κ3) is 9.24. The van der Waals surface area contributed by atoms with Gasteiger partial charge in [-0.15, -0.1) is 0 Å². The molecule has 38 heavy (non-hydrogen) atoms. The molecule has 1 unspecified atom stereocenters. The normalized spacial score (nSPS) is 12.6. The topological polar surface area (TPSA) is 196 Å². The smallest absolute Gasteiger partial charge is 0.289 e. The van der Waals surface area contributed by atoms with Crippen LogP contribution in [0.15, 0.2) is 58.3 Å². The minimum absolute atomic E-state index is 0.202. The SMILES string of the molecule is O=CCCCCCCCCC(CNS(=O)(=O)c1ccccc1[N+](=O)[O-])NS(=O)(=O)c1ccccc1[N+](=O)[O-]. The second kappa shape index (κ2) is 14.6. The minimum atomic E-state index is -4.41. The first-order chi connectivity index (χ1) is 18.0. The Balaban J connectivity index is 2.18. The van der Waals surface area contributed by atoms with Gasteiger partial charge in [-0.3, -0.25) is 20.2 Å². The van der Waals surface area contributed by atoms with Crippen molar-refractivity contribution in [1.82, 2.24) is 9.44 Å². The highest BCUT2D eigenvalue weighted by Gasteiger charge is 2.30. The van der Waals surface area contributed by atoms with Crippen LogP contribution in [0.4, 0.5) is 11.4 Å². The molecule has 2 aromatic rings. The van der Waals surface area contributed by atoms with Gasteiger partial charge in [-0.25, -0.2) is 26.3 Å². The third-order valence-corrected chi connectivity index (χ3v) is 8.71. The molecule has 0 aliphatic carbocycles. The summed E-state index contributed by atoms with van der Waals surface area (Å²) >= 11 is 0. The Bertz CT molecular complexity index is 1330. The number of hydrogen-bond acceptors (Lipinski definition) is 9. The molecule has 0 aromatic heterocycles. The van der Waals surface area contributed by atoms with E-state index in [-0.39, 0.29) is 6.42 Å². The van der Waals surface area contributed by atoms with Gasteiger partial charge in [0.25, 0.3) is 11.4 Å². The van der Waals surface area contributed by atoms with Crippen LogP contribution in [0.2, 0.25) is 0 Å². The van der Waals surface area contributed by atoms with Crippen molar-refractivity contribution in [2.45, 2.75) is 67.2 Å². The lowest BCUT2D eigenvalue weighted by atomic mass is 10.1. The Labute approximate surface area is 221 Å². The number of para-hydroxylation sites is 2. The zero-order valence-electron chi connectivity index (χ0n) is 20.5. The molecule has 208 valence electrons. The highest BCUT2D eigenvalue weighted by atomic mass is 32.2. The van der Waals surface area contributed by atoms with Crippen molar-refractivity contribution >= 4 is 37.7 Å². The van der Waals surface area contributed by atoms with E-state index in [0.717, 1.165) is 56.2 Å². The number of sulfonamides is 2. The van der Waals surface area contributed by atoms with E-state index in [0.29, 0.717) is 19.3 Å². The van der Waals surface area contributed by atoms with Crippen LogP contribution >= 0.6 is 0 Å². The van der Waals surface area contributed by atoms with Crippen molar-refractivity contribution in [3.8, 4) is 0 Å². The Morgan fingerprint density at radius 2 is 1.21 bits per heavy atom. The molecule has 0 saturated carbocycles. The van der Waals surface area contributed by atoms with Gasteiger partial charge in [0.2, 0.25) is 20.0 Å². The molecule has 1 atom stereocenters. The van der Waals surface area contributed by atoms with Gasteiger partial charge in [-0.2, -0.15) is 0 Å². The number of nitrogens with one attached hydrogen (secondary N) is 2. The van der Waals surface area contributed by atoms with Gasteiger partial charge in [0.05, 0.1) is 9.85 Å². The van der Waals surface area contributed by atoms with E-state index in [1.807, 2.05) is 0 Å². The fourth-order valence-electron chi connectivity index (χ4n) is 3.77. The van der Waals surface area contributed by atoms with Crippen molar-refractivity contribution in [2.24, 2.45) is 0 Å². The Hall–Kier alpha value is -3.27. The standard InChI is InChI=1S/C23H30N4O9S2/c28-17-11-5-3-1-2-4-6-12-19(25-38(35,36)23-16-10-8-14-21(23)27(31)32)18-24-37(33,34)22-15-9-7-13-20(22)26(29)30/h7-10,13-17,19,24-25H,1-6,11-12,18H2. The largest absolute Gasteiger partial charge is 0.303 e. The number of nitrogens with zero attached hydrogens (tertiary/aromatic N) is 2. The van der Waals surface area contributed by atoms with Crippen LogP contribution in [0.3, 0.4) is 0 Å². The van der Waals surface area contributed by atoms with E-state index in [1.54, 1.807) is 0 Å². The number of aldehydes is 1. The van der Waals surface area contributed by atoms with E-state index in [9.17, 15) is 41.9 Å². The molecule has 0 bridgehead atoms. The lowest BCUT2D eigenvalue weighted by Crippen LogP contribution is -2.43. The zero-order chi connectivity index (χ0) is 28.2. The lowest BCUT2D eigenvalue weighted by molar-refractivity contribution is -0.388. The summed E-state index contributed by atoms with van der Waals surface area (Å²) in [6.07, 6.45) is 6.15. The zero-order valence-corrected chi connectivity index (χ0v) is 22.2. The van der Waals surface area contributed by atoms with Crippen LogP contribution in [0.25, 0.3) is 0 Å². The number of rotatable bonds is 18. The average Bonchev–Trinajstić information content (AvgIpc) is 2.88. The molecular formula is C23H30N4O9S2. The molecule has 0 aliphatic rings.